The molecule has 0 bridgehead atoms. The molecule has 0 saturated carbocycles. The Labute approximate surface area is 238 Å². The van der Waals surface area contributed by atoms with Crippen LogP contribution in [0.2, 0.25) is 5.02 Å². The molecule has 0 spiro atoms. The number of hydrogen-bond acceptors (Lipinski definition) is 7. The highest BCUT2D eigenvalue weighted by atomic mass is 35.5. The van der Waals surface area contributed by atoms with Crippen molar-refractivity contribution in [2.75, 3.05) is 31.1 Å². The normalized spacial score (nSPS) is 18.7. The molecule has 1 aliphatic heterocycles. The number of nitrogens with zero attached hydrogens (tertiary/aromatic N) is 6. The second-order valence-corrected chi connectivity index (χ2v) is 10.5. The lowest BCUT2D eigenvalue weighted by Gasteiger charge is -2.32. The first-order chi connectivity index (χ1) is 19.5. The number of piperazine rings is 1. The fraction of sp³-hybridized carbons (Fsp3) is 0.444. The predicted molar refractivity (Wildman–Crippen MR) is 146 cm³/mol. The van der Waals surface area contributed by atoms with Crippen molar-refractivity contribution in [1.29, 1.82) is 5.26 Å². The van der Waals surface area contributed by atoms with Gasteiger partial charge in [0, 0.05) is 36.8 Å². The Morgan fingerprint density at radius 3 is 2.61 bits per heavy atom. The third kappa shape index (κ3) is 5.29. The zero-order valence-electron chi connectivity index (χ0n) is 22.2. The van der Waals surface area contributed by atoms with Crippen LogP contribution in [0.5, 0.6) is 0 Å². The Bertz CT molecular complexity index is 1630. The first-order valence-corrected chi connectivity index (χ1v) is 13.7. The van der Waals surface area contributed by atoms with Crippen molar-refractivity contribution in [2.24, 2.45) is 11.7 Å². The van der Waals surface area contributed by atoms with E-state index < -0.39 is 29.2 Å². The third-order valence-electron chi connectivity index (χ3n) is 7.56. The number of benzene rings is 1. The summed E-state index contributed by atoms with van der Waals surface area (Å²) in [6.45, 7) is 4.08. The van der Waals surface area contributed by atoms with Gasteiger partial charge in [-0.2, -0.15) is 27.9 Å². The number of nitrogens with two attached hydrogens (primary N) is 1. The Morgan fingerprint density at radius 1 is 1.32 bits per heavy atom. The number of carbonyl (C=O) groups excluding carboxylic acids is 1. The quantitative estimate of drug-likeness (QED) is 0.451. The summed E-state index contributed by atoms with van der Waals surface area (Å²) in [6, 6.07) is 3.59. The van der Waals surface area contributed by atoms with Crippen molar-refractivity contribution in [3.63, 3.8) is 0 Å². The maximum Gasteiger partial charge on any atom is 0.416 e. The molecule has 2 aromatic heterocycles. The van der Waals surface area contributed by atoms with Gasteiger partial charge in [-0.05, 0) is 43.4 Å². The maximum atomic E-state index is 14.0. The fourth-order valence-electron chi connectivity index (χ4n) is 5.51. The third-order valence-corrected chi connectivity index (χ3v) is 7.89. The molecule has 5 rings (SSSR count). The van der Waals surface area contributed by atoms with Crippen LogP contribution in [-0.4, -0.2) is 51.3 Å². The maximum absolute atomic E-state index is 14.0. The SMILES string of the molecule is CCc1c(N2CCNCC2)c(=O)n2nc(C3=CCC(C#N)CC3)nc2n1C(C(N)=O)c1ccc(C(F)(F)F)cc1Cl. The summed E-state index contributed by atoms with van der Waals surface area (Å²) < 4.78 is 42.8. The summed E-state index contributed by atoms with van der Waals surface area (Å²) >= 11 is 6.37. The number of halogens is 4. The molecular weight excluding hydrogens is 561 g/mol. The number of fused-ring (bicyclic) bond motifs is 1. The number of amides is 1. The molecule has 2 unspecified atom stereocenters. The molecule has 3 heterocycles. The molecule has 1 saturated heterocycles. The van der Waals surface area contributed by atoms with Gasteiger partial charge in [-0.3, -0.25) is 14.2 Å². The van der Waals surface area contributed by atoms with E-state index in [1.54, 1.807) is 0 Å². The zero-order chi connectivity index (χ0) is 29.5. The minimum Gasteiger partial charge on any atom is -0.368 e. The van der Waals surface area contributed by atoms with E-state index in [1.807, 2.05) is 17.9 Å². The van der Waals surface area contributed by atoms with Crippen molar-refractivity contribution in [3.05, 3.63) is 62.3 Å². The lowest BCUT2D eigenvalue weighted by molar-refractivity contribution is -0.137. The van der Waals surface area contributed by atoms with Gasteiger partial charge >= 0.3 is 6.18 Å². The van der Waals surface area contributed by atoms with Crippen LogP contribution in [0.15, 0.2) is 29.1 Å². The van der Waals surface area contributed by atoms with Crippen LogP contribution in [0.1, 0.15) is 54.9 Å². The number of alkyl halides is 3. The summed E-state index contributed by atoms with van der Waals surface area (Å²) in [6.07, 6.45) is -0.834. The number of hydrogen-bond donors (Lipinski definition) is 2. The van der Waals surface area contributed by atoms with E-state index >= 15 is 0 Å². The monoisotopic (exact) mass is 588 g/mol. The Balaban J connectivity index is 1.79. The van der Waals surface area contributed by atoms with Crippen LogP contribution >= 0.6 is 11.6 Å². The molecule has 1 fully saturated rings. The van der Waals surface area contributed by atoms with Gasteiger partial charge in [0.25, 0.3) is 5.56 Å². The molecule has 41 heavy (non-hydrogen) atoms. The van der Waals surface area contributed by atoms with E-state index in [9.17, 15) is 28.0 Å². The summed E-state index contributed by atoms with van der Waals surface area (Å²) in [5.74, 6) is -0.725. The van der Waals surface area contributed by atoms with Crippen LogP contribution in [-0.2, 0) is 17.4 Å². The fourth-order valence-corrected chi connectivity index (χ4v) is 5.79. The number of anilines is 1. The molecule has 1 aromatic carbocycles. The van der Waals surface area contributed by atoms with Gasteiger partial charge in [0.2, 0.25) is 11.7 Å². The van der Waals surface area contributed by atoms with E-state index in [0.29, 0.717) is 56.8 Å². The number of rotatable bonds is 6. The minimum atomic E-state index is -4.64. The average Bonchev–Trinajstić information content (AvgIpc) is 3.40. The van der Waals surface area contributed by atoms with Crippen LogP contribution in [0.3, 0.4) is 0 Å². The summed E-state index contributed by atoms with van der Waals surface area (Å²) in [7, 11) is 0. The van der Waals surface area contributed by atoms with E-state index in [2.05, 4.69) is 21.5 Å². The number of carbonyl (C=O) groups is 1. The van der Waals surface area contributed by atoms with E-state index in [4.69, 9.17) is 17.3 Å². The molecule has 216 valence electrons. The first-order valence-electron chi connectivity index (χ1n) is 13.3. The lowest BCUT2D eigenvalue weighted by atomic mass is 9.90. The summed E-state index contributed by atoms with van der Waals surface area (Å²) in [4.78, 5) is 33.6. The zero-order valence-corrected chi connectivity index (χ0v) is 23.0. The van der Waals surface area contributed by atoms with E-state index in [-0.39, 0.29) is 34.5 Å². The summed E-state index contributed by atoms with van der Waals surface area (Å²) in [5, 5.41) is 16.7. The smallest absolute Gasteiger partial charge is 0.368 e. The van der Waals surface area contributed by atoms with Crippen LogP contribution < -0.4 is 21.5 Å². The van der Waals surface area contributed by atoms with E-state index in [0.717, 1.165) is 28.3 Å². The highest BCUT2D eigenvalue weighted by Gasteiger charge is 2.35. The Kier molecular flexibility index (Phi) is 7.80. The van der Waals surface area contributed by atoms with Gasteiger partial charge in [-0.1, -0.05) is 30.7 Å². The molecule has 1 aliphatic carbocycles. The molecule has 2 aliphatic rings. The number of allylic oxidation sites excluding steroid dienone is 2. The highest BCUT2D eigenvalue weighted by molar-refractivity contribution is 6.31. The number of nitrogens with one attached hydrogen (secondary N) is 1. The number of primary amides is 1. The minimum absolute atomic E-state index is 0.0174. The van der Waals surface area contributed by atoms with Gasteiger partial charge < -0.3 is 16.0 Å². The first kappa shape index (κ1) is 28.6. The highest BCUT2D eigenvalue weighted by Crippen LogP contribution is 2.37. The van der Waals surface area contributed by atoms with Crippen LogP contribution in [0, 0.1) is 17.2 Å². The van der Waals surface area contributed by atoms with Gasteiger partial charge in [-0.15, -0.1) is 5.10 Å². The predicted octanol–water partition coefficient (Wildman–Crippen LogP) is 3.32. The van der Waals surface area contributed by atoms with Crippen molar-refractivity contribution < 1.29 is 18.0 Å². The number of nitriles is 1. The van der Waals surface area contributed by atoms with Crippen molar-refractivity contribution in [1.82, 2.24) is 24.5 Å². The molecule has 14 heteroatoms. The van der Waals surface area contributed by atoms with Crippen LogP contribution in [0.25, 0.3) is 11.4 Å². The molecule has 3 N–H and O–H groups in total. The van der Waals surface area contributed by atoms with Gasteiger partial charge in [0.15, 0.2) is 5.82 Å². The molecule has 2 atom stereocenters. The van der Waals surface area contributed by atoms with Crippen molar-refractivity contribution in [2.45, 2.75) is 44.8 Å². The standard InChI is InChI=1S/C27H28ClF3N8O2/c1-2-20-22(37-11-9-34-10-12-37)25(41)39-26(35-24(36-39)16-5-3-15(14-32)4-6-16)38(20)21(23(33)40)18-8-7-17(13-19(18)28)27(29,30)31/h5,7-8,13,15,21,34H,2-4,6,9-12H2,1H3,(H2,33,40). The Hall–Kier alpha value is -3.89. The van der Waals surface area contributed by atoms with Crippen molar-refractivity contribution >= 4 is 34.5 Å². The van der Waals surface area contributed by atoms with Gasteiger partial charge in [-0.25, -0.2) is 0 Å². The lowest BCUT2D eigenvalue weighted by Crippen LogP contribution is -2.47. The van der Waals surface area contributed by atoms with E-state index in [1.165, 1.54) is 4.57 Å². The average molecular weight is 589 g/mol. The molecule has 0 radical (unpaired) electrons. The number of aromatic nitrogens is 4. The second-order valence-electron chi connectivity index (χ2n) is 10.1. The molecule has 3 aromatic rings. The largest absolute Gasteiger partial charge is 0.416 e. The molecular formula is C27H28ClF3N8O2. The molecule has 10 nitrogen and oxygen atoms in total. The van der Waals surface area contributed by atoms with Crippen LogP contribution in [0.4, 0.5) is 18.9 Å². The summed E-state index contributed by atoms with van der Waals surface area (Å²) in [5.41, 5.74) is 6.06. The van der Waals surface area contributed by atoms with Gasteiger partial charge in [0.1, 0.15) is 11.7 Å². The van der Waals surface area contributed by atoms with Crippen molar-refractivity contribution in [3.8, 4) is 6.07 Å². The Morgan fingerprint density at radius 2 is 2.05 bits per heavy atom. The molecule has 1 amide bonds. The topological polar surface area (TPSA) is 134 Å². The van der Waals surface area contributed by atoms with Gasteiger partial charge in [0.05, 0.1) is 23.2 Å². The second kappa shape index (κ2) is 11.2.